The van der Waals surface area contributed by atoms with Crippen molar-refractivity contribution in [1.29, 1.82) is 0 Å². The van der Waals surface area contributed by atoms with E-state index in [1.165, 1.54) is 20.1 Å². The van der Waals surface area contributed by atoms with E-state index in [-0.39, 0.29) is 36.7 Å². The minimum Gasteiger partial charge on any atom is -0.453 e. The summed E-state index contributed by atoms with van der Waals surface area (Å²) in [5.41, 5.74) is -1.22. The molecule has 14 nitrogen and oxygen atoms in total. The number of esters is 1. The van der Waals surface area contributed by atoms with Crippen molar-refractivity contribution in [3.8, 4) is 0 Å². The Kier molecular flexibility index (Phi) is 13.5. The molecule has 0 radical (unpaired) electrons. The zero-order chi connectivity index (χ0) is 41.3. The zero-order valence-corrected chi connectivity index (χ0v) is 34.7. The van der Waals surface area contributed by atoms with Crippen LogP contribution in [0, 0.1) is 35.5 Å². The van der Waals surface area contributed by atoms with E-state index in [1.807, 2.05) is 37.5 Å². The number of pyridine rings is 1. The molecule has 2 aromatic rings. The summed E-state index contributed by atoms with van der Waals surface area (Å²) in [5, 5.41) is 11.5. The number of methoxy groups -OCH3 is 1. The maximum Gasteiger partial charge on any atom is 0.410 e. The van der Waals surface area contributed by atoms with Crippen molar-refractivity contribution in [2.75, 3.05) is 13.7 Å². The molecule has 310 valence electrons. The number of aromatic nitrogens is 3. The SMILES string of the molecule is C=CC1OC(=O)[C@H](C)C(=O)[C@H](C)C(O[C@@H]2O[C@H](C)C[C@H](C(C)C)[C@H]2O)[C@](C)(OC)C[C@@H](C)C(=O)[C@H](C)[C@@H]2N(CCCCn3cnc4ncccc43)C(=O)O[C@]12C. The number of ketones is 2. The van der Waals surface area contributed by atoms with E-state index in [2.05, 4.69) is 16.5 Å². The highest BCUT2D eigenvalue weighted by Crippen LogP contribution is 2.43. The molecule has 1 amide bonds. The zero-order valence-electron chi connectivity index (χ0n) is 34.7. The second kappa shape index (κ2) is 17.4. The summed E-state index contributed by atoms with van der Waals surface area (Å²) in [5.74, 6) is -5.15. The number of cyclic esters (lactones) is 1. The number of aliphatic hydroxyl groups is 1. The minimum atomic E-state index is -1.51. The molecular formula is C42H62N4O10. The molecular weight excluding hydrogens is 720 g/mol. The molecule has 1 N–H and O–H groups in total. The quantitative estimate of drug-likeness (QED) is 0.139. The van der Waals surface area contributed by atoms with Crippen LogP contribution < -0.4 is 0 Å². The number of hydrogen-bond acceptors (Lipinski definition) is 12. The van der Waals surface area contributed by atoms with Gasteiger partial charge in [-0.2, -0.15) is 0 Å². The molecule has 0 aliphatic carbocycles. The summed E-state index contributed by atoms with van der Waals surface area (Å²) in [6, 6.07) is 2.95. The van der Waals surface area contributed by atoms with Gasteiger partial charge in [-0.15, -0.1) is 0 Å². The van der Waals surface area contributed by atoms with Gasteiger partial charge in [0.1, 0.15) is 17.8 Å². The second-order valence-electron chi connectivity index (χ2n) is 17.0. The van der Waals surface area contributed by atoms with Gasteiger partial charge in [0, 0.05) is 44.1 Å². The monoisotopic (exact) mass is 782 g/mol. The maximum atomic E-state index is 14.7. The number of fused-ring (bicyclic) bond motifs is 2. The molecule has 0 saturated carbocycles. The van der Waals surface area contributed by atoms with E-state index >= 15 is 0 Å². The van der Waals surface area contributed by atoms with E-state index in [0.29, 0.717) is 31.5 Å². The molecule has 3 aliphatic heterocycles. The van der Waals surface area contributed by atoms with Gasteiger partial charge < -0.3 is 38.3 Å². The Morgan fingerprint density at radius 3 is 2.39 bits per heavy atom. The van der Waals surface area contributed by atoms with Gasteiger partial charge >= 0.3 is 12.1 Å². The average molecular weight is 783 g/mol. The van der Waals surface area contributed by atoms with Crippen LogP contribution in [0.3, 0.4) is 0 Å². The van der Waals surface area contributed by atoms with Gasteiger partial charge in [-0.1, -0.05) is 41.2 Å². The molecule has 0 aromatic carbocycles. The molecule has 0 bridgehead atoms. The first-order chi connectivity index (χ1) is 26.4. The maximum absolute atomic E-state index is 14.7. The number of ether oxygens (including phenoxy) is 5. The van der Waals surface area contributed by atoms with Crippen molar-refractivity contribution in [2.24, 2.45) is 35.5 Å². The van der Waals surface area contributed by atoms with Crippen LogP contribution in [0.4, 0.5) is 4.79 Å². The molecule has 14 heteroatoms. The molecule has 3 aliphatic rings. The fourth-order valence-electron chi connectivity index (χ4n) is 9.31. The highest BCUT2D eigenvalue weighted by molar-refractivity contribution is 6.00. The molecule has 3 fully saturated rings. The number of carbonyl (C=O) groups excluding carboxylic acids is 4. The lowest BCUT2D eigenvalue weighted by molar-refractivity contribution is -0.299. The lowest BCUT2D eigenvalue weighted by atomic mass is 9.73. The first kappa shape index (κ1) is 43.4. The van der Waals surface area contributed by atoms with Crippen molar-refractivity contribution >= 4 is 34.8 Å². The topological polar surface area (TPSA) is 169 Å². The Bertz CT molecular complexity index is 1750. The van der Waals surface area contributed by atoms with Gasteiger partial charge in [0.05, 0.1) is 35.7 Å². The Balaban J connectivity index is 1.47. The van der Waals surface area contributed by atoms with Gasteiger partial charge in [0.25, 0.3) is 0 Å². The lowest BCUT2D eigenvalue weighted by Crippen LogP contribution is -2.59. The largest absolute Gasteiger partial charge is 0.453 e. The fraction of sp³-hybridized carbons (Fsp3) is 0.714. The van der Waals surface area contributed by atoms with E-state index in [4.69, 9.17) is 23.7 Å². The standard InChI is InChI=1S/C42H62N4O10/c1-12-31-42(10)35(46(40(51)56-42)19-14-13-18-45-22-44-37-30(45)16-15-17-43-37)26(6)32(47)24(4)21-41(9,52-11)36(27(7)33(48)28(8)38(50)54-31)55-39-34(49)29(23(2)3)20-25(5)53-39/h12,15-17,22-29,31,34-36,39,49H,1,13-14,18-21H2,2-11H3/t24-,25-,26+,27+,28-,29-,31?,34-,35+,36?,39+,41-,42-/m1/s1. The van der Waals surface area contributed by atoms with Gasteiger partial charge in [-0.25, -0.2) is 14.8 Å². The van der Waals surface area contributed by atoms with Crippen molar-refractivity contribution in [3.05, 3.63) is 37.3 Å². The Morgan fingerprint density at radius 2 is 1.73 bits per heavy atom. The molecule has 0 spiro atoms. The molecule has 5 heterocycles. The Hall–Kier alpha value is -3.72. The highest BCUT2D eigenvalue weighted by atomic mass is 16.7. The molecule has 2 aromatic heterocycles. The van der Waals surface area contributed by atoms with Crippen molar-refractivity contribution in [3.63, 3.8) is 0 Å². The van der Waals surface area contributed by atoms with Crippen LogP contribution in [0.5, 0.6) is 0 Å². The average Bonchev–Trinajstić information content (AvgIpc) is 3.70. The normalized spacial score (nSPS) is 37.6. The highest BCUT2D eigenvalue weighted by Gasteiger charge is 2.60. The third-order valence-corrected chi connectivity index (χ3v) is 12.6. The number of carbonyl (C=O) groups is 4. The van der Waals surface area contributed by atoms with E-state index < -0.39 is 83.4 Å². The van der Waals surface area contributed by atoms with Crippen LogP contribution in [-0.2, 0) is 44.6 Å². The number of nitrogens with zero attached hydrogens (tertiary/aromatic N) is 4. The smallest absolute Gasteiger partial charge is 0.410 e. The minimum absolute atomic E-state index is 0.121. The number of Topliss-reactive ketones (excluding diaryl/α,β-unsaturated/α-hetero) is 2. The van der Waals surface area contributed by atoms with E-state index in [9.17, 15) is 24.3 Å². The Morgan fingerprint density at radius 1 is 1.04 bits per heavy atom. The molecule has 13 atom stereocenters. The van der Waals surface area contributed by atoms with Crippen LogP contribution in [-0.4, -0.2) is 110 Å². The number of aryl methyl sites for hydroxylation is 1. The first-order valence-electron chi connectivity index (χ1n) is 20.1. The van der Waals surface area contributed by atoms with Crippen LogP contribution in [0.1, 0.15) is 88.0 Å². The number of rotatable bonds is 10. The summed E-state index contributed by atoms with van der Waals surface area (Å²) in [4.78, 5) is 66.8. The van der Waals surface area contributed by atoms with Crippen molar-refractivity contribution < 1.29 is 48.0 Å². The molecule has 5 rings (SSSR count). The third-order valence-electron chi connectivity index (χ3n) is 12.6. The number of imidazole rings is 1. The summed E-state index contributed by atoms with van der Waals surface area (Å²) >= 11 is 0. The number of unbranched alkanes of at least 4 members (excludes halogenated alkanes) is 1. The predicted octanol–water partition coefficient (Wildman–Crippen LogP) is 5.53. The summed E-state index contributed by atoms with van der Waals surface area (Å²) in [6.07, 6.45) is 1.68. The van der Waals surface area contributed by atoms with E-state index in [1.54, 1.807) is 52.0 Å². The number of amides is 1. The van der Waals surface area contributed by atoms with Gasteiger partial charge in [0.2, 0.25) is 0 Å². The van der Waals surface area contributed by atoms with Gasteiger partial charge in [-0.3, -0.25) is 14.4 Å². The van der Waals surface area contributed by atoms with Gasteiger partial charge in [-0.05, 0) is 83.4 Å². The fourth-order valence-corrected chi connectivity index (χ4v) is 9.31. The summed E-state index contributed by atoms with van der Waals surface area (Å²) < 4.78 is 33.0. The first-order valence-corrected chi connectivity index (χ1v) is 20.1. The summed E-state index contributed by atoms with van der Waals surface area (Å²) in [6.45, 7) is 20.9. The third kappa shape index (κ3) is 8.44. The van der Waals surface area contributed by atoms with Crippen LogP contribution in [0.15, 0.2) is 37.3 Å². The molecule has 3 saturated heterocycles. The van der Waals surface area contributed by atoms with Crippen LogP contribution >= 0.6 is 0 Å². The Labute approximate surface area is 330 Å². The molecule has 56 heavy (non-hydrogen) atoms. The second-order valence-corrected chi connectivity index (χ2v) is 17.0. The summed E-state index contributed by atoms with van der Waals surface area (Å²) in [7, 11) is 1.49. The lowest BCUT2D eigenvalue weighted by Gasteiger charge is -2.46. The number of hydrogen-bond donors (Lipinski definition) is 1. The molecule has 2 unspecified atom stereocenters. The van der Waals surface area contributed by atoms with E-state index in [0.717, 1.165) is 5.52 Å². The number of aliphatic hydroxyl groups excluding tert-OH is 1. The van der Waals surface area contributed by atoms with Crippen LogP contribution in [0.25, 0.3) is 11.2 Å². The van der Waals surface area contributed by atoms with Gasteiger partial charge in [0.15, 0.2) is 29.4 Å². The van der Waals surface area contributed by atoms with Crippen molar-refractivity contribution in [1.82, 2.24) is 19.4 Å². The predicted molar refractivity (Wildman–Crippen MR) is 207 cm³/mol. The van der Waals surface area contributed by atoms with Crippen LogP contribution in [0.2, 0.25) is 0 Å². The van der Waals surface area contributed by atoms with Crippen molar-refractivity contribution in [2.45, 2.75) is 142 Å².